The van der Waals surface area contributed by atoms with Gasteiger partial charge < -0.3 is 23.9 Å². The minimum Gasteiger partial charge on any atom is -0.461 e. The first-order valence-electron chi connectivity index (χ1n) is 14.6. The Kier molecular flexibility index (Phi) is 6.85. The first-order valence-corrected chi connectivity index (χ1v) is 14.6. The fraction of sp³-hybridized carbons (Fsp3) is 0.387. The summed E-state index contributed by atoms with van der Waals surface area (Å²) in [5, 5.41) is 7.71. The number of anilines is 3. The molecule has 7 rings (SSSR count). The summed E-state index contributed by atoms with van der Waals surface area (Å²) in [5.74, 6) is 0.432. The molecule has 3 aliphatic rings. The van der Waals surface area contributed by atoms with E-state index >= 15 is 0 Å². The number of aromatic nitrogens is 5. The Morgan fingerprint density at radius 3 is 2.81 bits per heavy atom. The molecule has 1 amide bonds. The predicted octanol–water partition coefficient (Wildman–Crippen LogP) is 3.32. The fourth-order valence-electron chi connectivity index (χ4n) is 6.38. The predicted molar refractivity (Wildman–Crippen MR) is 158 cm³/mol. The summed E-state index contributed by atoms with van der Waals surface area (Å²) in [6.45, 7) is 3.40. The summed E-state index contributed by atoms with van der Waals surface area (Å²) in [6, 6.07) is 7.52. The van der Waals surface area contributed by atoms with Crippen LogP contribution in [0.25, 0.3) is 11.1 Å². The summed E-state index contributed by atoms with van der Waals surface area (Å²) >= 11 is 0. The van der Waals surface area contributed by atoms with Gasteiger partial charge in [0.05, 0.1) is 6.61 Å². The van der Waals surface area contributed by atoms with E-state index in [0.717, 1.165) is 37.8 Å². The topological polar surface area (TPSA) is 126 Å². The van der Waals surface area contributed by atoms with Crippen molar-refractivity contribution in [3.05, 3.63) is 75.2 Å². The number of hydrogen-bond acceptors (Lipinski definition) is 8. The Hall–Kier alpha value is -4.71. The summed E-state index contributed by atoms with van der Waals surface area (Å²) in [4.78, 5) is 45.3. The lowest BCUT2D eigenvalue weighted by molar-refractivity contribution is -0.142. The van der Waals surface area contributed by atoms with Crippen LogP contribution in [-0.2, 0) is 60.5 Å². The van der Waals surface area contributed by atoms with E-state index in [1.54, 1.807) is 35.1 Å². The van der Waals surface area contributed by atoms with Crippen LogP contribution < -0.4 is 15.8 Å². The highest BCUT2D eigenvalue weighted by atomic mass is 16.5. The lowest BCUT2D eigenvalue weighted by Crippen LogP contribution is -2.41. The number of rotatable bonds is 6. The quantitative estimate of drug-likeness (QED) is 0.343. The molecule has 4 aromatic heterocycles. The minimum atomic E-state index is -0.442. The van der Waals surface area contributed by atoms with E-state index in [1.165, 1.54) is 22.7 Å². The molecule has 1 aliphatic carbocycles. The largest absolute Gasteiger partial charge is 0.461 e. The molecule has 12 heteroatoms. The third-order valence-electron chi connectivity index (χ3n) is 8.46. The Morgan fingerprint density at radius 2 is 1.98 bits per heavy atom. The molecule has 43 heavy (non-hydrogen) atoms. The molecule has 1 N–H and O–H groups in total. The van der Waals surface area contributed by atoms with Crippen LogP contribution in [0, 0.1) is 0 Å². The normalized spacial score (nSPS) is 16.0. The van der Waals surface area contributed by atoms with E-state index in [4.69, 9.17) is 9.47 Å². The van der Waals surface area contributed by atoms with Gasteiger partial charge in [0.15, 0.2) is 5.82 Å². The molecule has 12 nitrogen and oxygen atoms in total. The molecule has 222 valence electrons. The van der Waals surface area contributed by atoms with Crippen molar-refractivity contribution in [1.82, 2.24) is 23.9 Å². The first kappa shape index (κ1) is 27.1. The van der Waals surface area contributed by atoms with Gasteiger partial charge in [-0.1, -0.05) is 0 Å². The van der Waals surface area contributed by atoms with Gasteiger partial charge in [-0.25, -0.2) is 9.67 Å². The van der Waals surface area contributed by atoms with Crippen molar-refractivity contribution in [2.45, 2.75) is 58.9 Å². The average molecular weight is 584 g/mol. The van der Waals surface area contributed by atoms with Gasteiger partial charge >= 0.3 is 5.97 Å². The molecular formula is C31H33N7O5. The second-order valence-corrected chi connectivity index (χ2v) is 11.2. The van der Waals surface area contributed by atoms with Gasteiger partial charge in [-0.15, -0.1) is 0 Å². The smallest absolute Gasteiger partial charge is 0.302 e. The number of amides is 1. The molecule has 0 unspecified atom stereocenters. The fourth-order valence-corrected chi connectivity index (χ4v) is 6.38. The number of pyridine rings is 2. The van der Waals surface area contributed by atoms with E-state index in [0.29, 0.717) is 66.1 Å². The number of nitrogens with zero attached hydrogens (tertiary/aromatic N) is 6. The van der Waals surface area contributed by atoms with Gasteiger partial charge in [0, 0.05) is 74.5 Å². The number of ether oxygens (including phenoxy) is 2. The third kappa shape index (κ3) is 4.91. The van der Waals surface area contributed by atoms with E-state index < -0.39 is 5.97 Å². The maximum atomic E-state index is 13.9. The second-order valence-electron chi connectivity index (χ2n) is 11.2. The molecule has 0 spiro atoms. The Labute approximate surface area is 247 Å². The van der Waals surface area contributed by atoms with Crippen molar-refractivity contribution < 1.29 is 19.1 Å². The molecular weight excluding hydrogens is 550 g/mol. The van der Waals surface area contributed by atoms with Crippen LogP contribution in [0.4, 0.5) is 17.3 Å². The van der Waals surface area contributed by atoms with E-state index in [1.807, 2.05) is 18.2 Å². The van der Waals surface area contributed by atoms with Gasteiger partial charge in [-0.05, 0) is 55.0 Å². The number of nitrogens with one attached hydrogen (secondary N) is 1. The average Bonchev–Trinajstić information content (AvgIpc) is 3.60. The number of esters is 1. The van der Waals surface area contributed by atoms with Crippen LogP contribution in [0.15, 0.2) is 41.5 Å². The SMILES string of the molecule is CC(=O)OCc1c(-c2cc(Nc3cc4n(n3)COCC4)c(=O)n(C)c2)ccnc1N1CCn2c(cc3c2CCCC3)C1=O. The molecule has 0 bridgehead atoms. The summed E-state index contributed by atoms with van der Waals surface area (Å²) in [5.41, 5.74) is 6.34. The number of hydrogen-bond donors (Lipinski definition) is 1. The molecule has 0 radical (unpaired) electrons. The molecule has 0 saturated heterocycles. The van der Waals surface area contributed by atoms with Crippen molar-refractivity contribution >= 4 is 29.2 Å². The number of aryl methyl sites for hydroxylation is 2. The van der Waals surface area contributed by atoms with E-state index in [2.05, 4.69) is 20.0 Å². The summed E-state index contributed by atoms with van der Waals surface area (Å²) in [6.07, 6.45) is 8.38. The number of carbonyl (C=O) groups excluding carboxylic acids is 2. The monoisotopic (exact) mass is 583 g/mol. The van der Waals surface area contributed by atoms with Crippen molar-refractivity contribution in [2.24, 2.45) is 7.05 Å². The van der Waals surface area contributed by atoms with E-state index in [-0.39, 0.29) is 18.1 Å². The highest BCUT2D eigenvalue weighted by molar-refractivity contribution is 6.06. The molecule has 4 aromatic rings. The lowest BCUT2D eigenvalue weighted by Gasteiger charge is -2.31. The van der Waals surface area contributed by atoms with Crippen molar-refractivity contribution in [1.29, 1.82) is 0 Å². The van der Waals surface area contributed by atoms with Crippen LogP contribution >= 0.6 is 0 Å². The highest BCUT2D eigenvalue weighted by Gasteiger charge is 2.32. The summed E-state index contributed by atoms with van der Waals surface area (Å²) in [7, 11) is 1.68. The second kappa shape index (κ2) is 10.8. The molecule has 0 saturated carbocycles. The molecule has 0 fully saturated rings. The van der Waals surface area contributed by atoms with Crippen LogP contribution in [-0.4, -0.2) is 48.9 Å². The van der Waals surface area contributed by atoms with Gasteiger partial charge in [0.2, 0.25) is 0 Å². The lowest BCUT2D eigenvalue weighted by atomic mass is 9.98. The van der Waals surface area contributed by atoms with Crippen LogP contribution in [0.3, 0.4) is 0 Å². The summed E-state index contributed by atoms with van der Waals surface area (Å²) < 4.78 is 16.4. The Bertz CT molecular complexity index is 1790. The zero-order valence-corrected chi connectivity index (χ0v) is 24.3. The van der Waals surface area contributed by atoms with Crippen molar-refractivity contribution in [3.63, 3.8) is 0 Å². The van der Waals surface area contributed by atoms with E-state index in [9.17, 15) is 14.4 Å². The van der Waals surface area contributed by atoms with Gasteiger partial charge in [0.25, 0.3) is 11.5 Å². The van der Waals surface area contributed by atoms with Crippen LogP contribution in [0.1, 0.15) is 52.8 Å². The molecule has 6 heterocycles. The zero-order chi connectivity index (χ0) is 29.7. The van der Waals surface area contributed by atoms with Gasteiger partial charge in [-0.2, -0.15) is 5.10 Å². The van der Waals surface area contributed by atoms with Crippen molar-refractivity contribution in [3.8, 4) is 11.1 Å². The third-order valence-corrected chi connectivity index (χ3v) is 8.46. The van der Waals surface area contributed by atoms with Crippen LogP contribution in [0.5, 0.6) is 0 Å². The highest BCUT2D eigenvalue weighted by Crippen LogP contribution is 2.35. The Morgan fingerprint density at radius 1 is 1.12 bits per heavy atom. The van der Waals surface area contributed by atoms with Crippen molar-refractivity contribution in [2.75, 3.05) is 23.4 Å². The van der Waals surface area contributed by atoms with Gasteiger partial charge in [0.1, 0.15) is 30.5 Å². The standard InChI is InChI=1S/C31H33N7O5/c1-19(39)43-17-24-23(21-13-25(30(40)35(2)16-21)33-28-15-22-8-12-42-18-38(22)34-28)7-9-32-29(24)37-11-10-36-26-6-4-3-5-20(26)14-27(36)31(37)41/h7,9,13-16H,3-6,8,10-12,17-18H2,1-2H3,(H,33,34). The first-order chi connectivity index (χ1) is 20.9. The molecule has 2 aliphatic heterocycles. The number of fused-ring (bicyclic) bond motifs is 4. The molecule has 0 atom stereocenters. The minimum absolute atomic E-state index is 0.0749. The maximum absolute atomic E-state index is 13.9. The van der Waals surface area contributed by atoms with Crippen LogP contribution in [0.2, 0.25) is 0 Å². The molecule has 0 aromatic carbocycles. The maximum Gasteiger partial charge on any atom is 0.302 e. The van der Waals surface area contributed by atoms with Gasteiger partial charge in [-0.3, -0.25) is 19.3 Å². The Balaban J connectivity index is 1.28. The zero-order valence-electron chi connectivity index (χ0n) is 24.3. The number of carbonyl (C=O) groups is 2.